The molecule has 5 atom stereocenters. The van der Waals surface area contributed by atoms with E-state index in [0.29, 0.717) is 23.0 Å². The lowest BCUT2D eigenvalue weighted by Crippen LogP contribution is -2.59. The number of halogens is 2. The van der Waals surface area contributed by atoms with Crippen molar-refractivity contribution >= 4 is 46.9 Å². The molecule has 10 nitrogen and oxygen atoms in total. The number of carbonyl (C=O) groups excluding carboxylic acids is 3. The third-order valence-electron chi connectivity index (χ3n) is 5.29. The van der Waals surface area contributed by atoms with Crippen LogP contribution in [0, 0.1) is 5.92 Å². The molecule has 0 bridgehead atoms. The van der Waals surface area contributed by atoms with Crippen LogP contribution in [0.25, 0.3) is 0 Å². The molecule has 0 aliphatic carbocycles. The van der Waals surface area contributed by atoms with Crippen LogP contribution in [0.5, 0.6) is 0 Å². The number of rotatable bonds is 13. The van der Waals surface area contributed by atoms with Crippen molar-refractivity contribution < 1.29 is 29.4 Å². The minimum Gasteiger partial charge on any atom is -0.480 e. The van der Waals surface area contributed by atoms with Gasteiger partial charge in [0.25, 0.3) is 0 Å². The first-order valence-electron chi connectivity index (χ1n) is 11.2. The van der Waals surface area contributed by atoms with Crippen molar-refractivity contribution in [2.75, 3.05) is 6.54 Å². The summed E-state index contributed by atoms with van der Waals surface area (Å²) in [6.07, 6.45) is -0.671. The first-order chi connectivity index (χ1) is 16.2. The summed E-state index contributed by atoms with van der Waals surface area (Å²) in [6, 6.07) is 1.03. The lowest BCUT2D eigenvalue weighted by molar-refractivity contribution is -0.143. The fraction of sp³-hybridized carbons (Fsp3) is 0.565. The predicted octanol–water partition coefficient (Wildman–Crippen LogP) is 1.11. The number of carboxylic acid groups (broad SMARTS) is 1. The molecule has 1 aromatic carbocycles. The molecule has 0 radical (unpaired) electrons. The maximum absolute atomic E-state index is 12.6. The third kappa shape index (κ3) is 10.0. The van der Waals surface area contributed by atoms with Crippen molar-refractivity contribution in [3.05, 3.63) is 33.8 Å². The van der Waals surface area contributed by atoms with E-state index in [1.807, 2.05) is 6.07 Å². The van der Waals surface area contributed by atoms with E-state index in [9.17, 15) is 29.4 Å². The fourth-order valence-electron chi connectivity index (χ4n) is 3.06. The highest BCUT2D eigenvalue weighted by molar-refractivity contribution is 6.42. The molecule has 0 saturated carbocycles. The number of carbonyl (C=O) groups is 4. The Balaban J connectivity index is 2.64. The van der Waals surface area contributed by atoms with Gasteiger partial charge in [-0.1, -0.05) is 43.1 Å². The van der Waals surface area contributed by atoms with E-state index in [1.165, 1.54) is 13.8 Å². The minimum atomic E-state index is -1.32. The summed E-state index contributed by atoms with van der Waals surface area (Å²) in [4.78, 5) is 48.8. The minimum absolute atomic E-state index is 0.366. The van der Waals surface area contributed by atoms with Crippen LogP contribution in [0.2, 0.25) is 10.0 Å². The Labute approximate surface area is 215 Å². The van der Waals surface area contributed by atoms with E-state index in [1.54, 1.807) is 32.9 Å². The normalized spacial score (nSPS) is 15.5. The summed E-state index contributed by atoms with van der Waals surface area (Å²) in [5.74, 6) is -3.57. The number of aliphatic carboxylic acids is 1. The molecular formula is C23H34Cl2N4O6. The molecule has 6 N–H and O–H groups in total. The van der Waals surface area contributed by atoms with Crippen molar-refractivity contribution in [2.24, 2.45) is 5.92 Å². The number of carboxylic acids is 1. The predicted molar refractivity (Wildman–Crippen MR) is 133 cm³/mol. The fourth-order valence-corrected chi connectivity index (χ4v) is 3.39. The number of benzene rings is 1. The molecule has 0 aliphatic heterocycles. The van der Waals surface area contributed by atoms with E-state index in [-0.39, 0.29) is 5.92 Å². The van der Waals surface area contributed by atoms with Gasteiger partial charge >= 0.3 is 5.97 Å². The van der Waals surface area contributed by atoms with Crippen LogP contribution in [-0.2, 0) is 25.6 Å². The van der Waals surface area contributed by atoms with Crippen molar-refractivity contribution in [3.63, 3.8) is 0 Å². The first-order valence-corrected chi connectivity index (χ1v) is 12.0. The van der Waals surface area contributed by atoms with Gasteiger partial charge in [-0.3, -0.25) is 14.4 Å². The molecule has 0 unspecified atom stereocenters. The molecule has 1 aromatic rings. The van der Waals surface area contributed by atoms with Crippen molar-refractivity contribution in [2.45, 2.75) is 71.3 Å². The quantitative estimate of drug-likeness (QED) is 0.222. The van der Waals surface area contributed by atoms with Gasteiger partial charge in [-0.15, -0.1) is 0 Å². The number of hydrogen-bond acceptors (Lipinski definition) is 6. The lowest BCUT2D eigenvalue weighted by atomic mass is 10.0. The van der Waals surface area contributed by atoms with Crippen LogP contribution in [0.1, 0.15) is 40.2 Å². The van der Waals surface area contributed by atoms with Gasteiger partial charge < -0.3 is 31.5 Å². The third-order valence-corrected chi connectivity index (χ3v) is 6.03. The Morgan fingerprint density at radius 3 is 1.91 bits per heavy atom. The van der Waals surface area contributed by atoms with Gasteiger partial charge in [-0.2, -0.15) is 0 Å². The Hall–Kier alpha value is -2.40. The highest BCUT2D eigenvalue weighted by atomic mass is 35.5. The second-order valence-corrected chi connectivity index (χ2v) is 9.51. The van der Waals surface area contributed by atoms with Gasteiger partial charge in [0.2, 0.25) is 17.7 Å². The van der Waals surface area contributed by atoms with Gasteiger partial charge in [0.1, 0.15) is 18.1 Å². The van der Waals surface area contributed by atoms with Crippen LogP contribution in [0.4, 0.5) is 0 Å². The number of nitrogens with one attached hydrogen (secondary N) is 4. The van der Waals surface area contributed by atoms with E-state index in [4.69, 9.17) is 23.2 Å². The van der Waals surface area contributed by atoms with Crippen molar-refractivity contribution in [3.8, 4) is 0 Å². The van der Waals surface area contributed by atoms with Gasteiger partial charge in [0, 0.05) is 0 Å². The molecule has 0 heterocycles. The van der Waals surface area contributed by atoms with Crippen LogP contribution in [0.15, 0.2) is 18.2 Å². The van der Waals surface area contributed by atoms with E-state index >= 15 is 0 Å². The molecule has 3 amide bonds. The highest BCUT2D eigenvalue weighted by Gasteiger charge is 2.31. The zero-order valence-corrected chi connectivity index (χ0v) is 21.9. The molecule has 0 fully saturated rings. The Kier molecular flexibility index (Phi) is 12.5. The van der Waals surface area contributed by atoms with Gasteiger partial charge in [-0.25, -0.2) is 4.79 Å². The van der Waals surface area contributed by atoms with Gasteiger partial charge in [-0.05, 0) is 57.4 Å². The average molecular weight is 533 g/mol. The molecule has 0 spiro atoms. The topological polar surface area (TPSA) is 157 Å². The summed E-state index contributed by atoms with van der Waals surface area (Å²) in [6.45, 7) is 8.03. The summed E-state index contributed by atoms with van der Waals surface area (Å²) >= 11 is 11.9. The monoisotopic (exact) mass is 532 g/mol. The molecule has 0 saturated heterocycles. The largest absolute Gasteiger partial charge is 0.480 e. The van der Waals surface area contributed by atoms with Crippen LogP contribution < -0.4 is 21.3 Å². The first kappa shape index (κ1) is 30.6. The van der Waals surface area contributed by atoms with Gasteiger partial charge in [0.05, 0.1) is 22.2 Å². The molecule has 0 aromatic heterocycles. The maximum atomic E-state index is 12.6. The summed E-state index contributed by atoms with van der Waals surface area (Å²) in [5, 5.41) is 30.4. The zero-order chi connectivity index (χ0) is 26.9. The van der Waals surface area contributed by atoms with Crippen LogP contribution in [0.3, 0.4) is 0 Å². The number of amides is 3. The maximum Gasteiger partial charge on any atom is 0.326 e. The molecule has 35 heavy (non-hydrogen) atoms. The van der Waals surface area contributed by atoms with Crippen LogP contribution in [-0.4, -0.2) is 70.7 Å². The van der Waals surface area contributed by atoms with E-state index < -0.39 is 54.0 Å². The Bertz CT molecular complexity index is 912. The number of hydrogen-bond donors (Lipinski definition) is 6. The van der Waals surface area contributed by atoms with E-state index in [0.717, 1.165) is 5.56 Å². The van der Waals surface area contributed by atoms with Crippen molar-refractivity contribution in [1.29, 1.82) is 0 Å². The molecule has 0 aliphatic rings. The summed E-state index contributed by atoms with van der Waals surface area (Å²) in [5.41, 5.74) is 0.926. The number of aliphatic hydroxyl groups is 1. The molecular weight excluding hydrogens is 499 g/mol. The second-order valence-electron chi connectivity index (χ2n) is 8.70. The van der Waals surface area contributed by atoms with Gasteiger partial charge in [0.15, 0.2) is 0 Å². The lowest BCUT2D eigenvalue weighted by Gasteiger charge is -2.25. The second kappa shape index (κ2) is 14.2. The average Bonchev–Trinajstić information content (AvgIpc) is 2.76. The SMILES string of the molecule is CC(C)[C@H](NC(=O)[C@H](C)NC(=O)[C@@H](NC(=O)[C@H](C)NCCc1ccc(Cl)c(Cl)c1)[C@@H](C)O)C(=O)O. The highest BCUT2D eigenvalue weighted by Crippen LogP contribution is 2.22. The molecule has 1 rings (SSSR count). The Morgan fingerprint density at radius 1 is 0.829 bits per heavy atom. The molecule has 12 heteroatoms. The standard InChI is InChI=1S/C23H34Cl2N4O6/c1-11(2)18(23(34)35)28-21(32)13(4)27-22(33)19(14(5)30)29-20(31)12(3)26-9-8-15-6-7-16(24)17(25)10-15/h6-7,10-14,18-19,26,30H,8-9H2,1-5H3,(H,27,33)(H,28,32)(H,29,31)(H,34,35)/t12-,13-,14+,18-,19-/m0/s1. The summed E-state index contributed by atoms with van der Waals surface area (Å²) in [7, 11) is 0. The van der Waals surface area contributed by atoms with E-state index in [2.05, 4.69) is 21.3 Å². The zero-order valence-electron chi connectivity index (χ0n) is 20.4. The Morgan fingerprint density at radius 2 is 1.40 bits per heavy atom. The van der Waals surface area contributed by atoms with Crippen LogP contribution >= 0.6 is 23.2 Å². The molecule has 196 valence electrons. The summed E-state index contributed by atoms with van der Waals surface area (Å²) < 4.78 is 0. The van der Waals surface area contributed by atoms with Crippen molar-refractivity contribution in [1.82, 2.24) is 21.3 Å². The number of aliphatic hydroxyl groups excluding tert-OH is 1. The smallest absolute Gasteiger partial charge is 0.326 e.